The van der Waals surface area contributed by atoms with Crippen LogP contribution in [0.3, 0.4) is 0 Å². The second-order valence-corrected chi connectivity index (χ2v) is 8.03. The van der Waals surface area contributed by atoms with Crippen LogP contribution in [0.5, 0.6) is 0 Å². The van der Waals surface area contributed by atoms with Gasteiger partial charge in [-0.15, -0.1) is 11.3 Å². The number of imidazole rings is 1. The van der Waals surface area contributed by atoms with Gasteiger partial charge in [0.05, 0.1) is 12.0 Å². The molecule has 4 rings (SSSR count). The lowest BCUT2D eigenvalue weighted by Crippen LogP contribution is -2.33. The van der Waals surface area contributed by atoms with Crippen LogP contribution >= 0.6 is 11.3 Å². The van der Waals surface area contributed by atoms with Crippen molar-refractivity contribution < 1.29 is 22.4 Å². The zero-order valence-electron chi connectivity index (χ0n) is 16.2. The Kier molecular flexibility index (Phi) is 6.05. The monoisotopic (exact) mass is 453 g/mol. The number of nitrogens with one attached hydrogen (secondary N) is 2. The predicted octanol–water partition coefficient (Wildman–Crippen LogP) is 4.03. The van der Waals surface area contributed by atoms with E-state index < -0.39 is 18.6 Å². The van der Waals surface area contributed by atoms with Crippen molar-refractivity contribution in [2.24, 2.45) is 0 Å². The molecule has 11 heteroatoms. The van der Waals surface area contributed by atoms with Gasteiger partial charge < -0.3 is 15.2 Å². The summed E-state index contributed by atoms with van der Waals surface area (Å²) in [5.74, 6) is -1.27. The number of carbonyl (C=O) groups is 1. The van der Waals surface area contributed by atoms with Crippen molar-refractivity contribution in [3.05, 3.63) is 47.5 Å². The van der Waals surface area contributed by atoms with E-state index in [2.05, 4.69) is 15.3 Å². The Morgan fingerprint density at radius 1 is 1.23 bits per heavy atom. The van der Waals surface area contributed by atoms with Crippen LogP contribution in [0.25, 0.3) is 22.0 Å². The smallest absolute Gasteiger partial charge is 0.342 e. The molecule has 1 saturated heterocycles. The molecule has 1 aliphatic rings. The summed E-state index contributed by atoms with van der Waals surface area (Å²) in [5, 5.41) is 7.03. The van der Waals surface area contributed by atoms with E-state index in [1.165, 1.54) is 17.5 Å². The topological polar surface area (TPSA) is 71.8 Å². The van der Waals surface area contributed by atoms with Crippen molar-refractivity contribution in [1.29, 1.82) is 0 Å². The van der Waals surface area contributed by atoms with Gasteiger partial charge in [0.25, 0.3) is 5.91 Å². The number of hydrogen-bond donors (Lipinski definition) is 2. The highest BCUT2D eigenvalue weighted by Gasteiger charge is 2.29. The van der Waals surface area contributed by atoms with Gasteiger partial charge in [-0.2, -0.15) is 13.2 Å². The van der Waals surface area contributed by atoms with Crippen LogP contribution in [0.15, 0.2) is 36.0 Å². The van der Waals surface area contributed by atoms with Crippen LogP contribution in [-0.2, 0) is 0 Å². The fourth-order valence-corrected chi connectivity index (χ4v) is 4.36. The molecule has 1 fully saturated rings. The van der Waals surface area contributed by atoms with E-state index in [1.54, 1.807) is 18.5 Å². The lowest BCUT2D eigenvalue weighted by molar-refractivity contribution is -0.123. The molecule has 1 aromatic carbocycles. The van der Waals surface area contributed by atoms with Crippen LogP contribution in [0, 0.1) is 5.82 Å². The average molecular weight is 453 g/mol. The summed E-state index contributed by atoms with van der Waals surface area (Å²) >= 11 is 1.16. The molecule has 2 N–H and O–H groups in total. The number of benzene rings is 1. The van der Waals surface area contributed by atoms with Crippen LogP contribution < -0.4 is 10.6 Å². The number of amides is 1. The quantitative estimate of drug-likeness (QED) is 0.573. The lowest BCUT2D eigenvalue weighted by atomic mass is 10.1. The summed E-state index contributed by atoms with van der Waals surface area (Å²) in [6.07, 6.45) is -1.06. The minimum Gasteiger partial charge on any atom is -0.342 e. The maximum Gasteiger partial charge on any atom is 0.405 e. The number of piperidine rings is 1. The molecule has 0 atom stereocenters. The molecular formula is C20H19F4N5OS. The first-order valence-corrected chi connectivity index (χ1v) is 10.5. The van der Waals surface area contributed by atoms with E-state index >= 15 is 0 Å². The first-order valence-electron chi connectivity index (χ1n) is 9.66. The van der Waals surface area contributed by atoms with Crippen molar-refractivity contribution >= 4 is 17.2 Å². The highest BCUT2D eigenvalue weighted by atomic mass is 32.1. The Bertz CT molecular complexity index is 1050. The molecule has 3 aromatic rings. The van der Waals surface area contributed by atoms with Crippen LogP contribution in [-0.4, -0.2) is 46.3 Å². The van der Waals surface area contributed by atoms with Crippen molar-refractivity contribution in [1.82, 2.24) is 25.2 Å². The molecule has 1 amide bonds. The average Bonchev–Trinajstić information content (AvgIpc) is 3.40. The number of rotatable bonds is 5. The molecule has 0 spiro atoms. The molecule has 0 radical (unpaired) electrons. The molecule has 31 heavy (non-hydrogen) atoms. The maximum absolute atomic E-state index is 13.4. The zero-order valence-corrected chi connectivity index (χ0v) is 17.1. The predicted molar refractivity (Wildman–Crippen MR) is 108 cm³/mol. The van der Waals surface area contributed by atoms with E-state index in [-0.39, 0.29) is 17.6 Å². The molecule has 1 aliphatic heterocycles. The van der Waals surface area contributed by atoms with Crippen LogP contribution in [0.1, 0.15) is 29.4 Å². The van der Waals surface area contributed by atoms with Gasteiger partial charge in [0, 0.05) is 17.0 Å². The number of carbonyl (C=O) groups excluding carboxylic acids is 1. The minimum atomic E-state index is -4.50. The largest absolute Gasteiger partial charge is 0.405 e. The van der Waals surface area contributed by atoms with Gasteiger partial charge in [-0.05, 0) is 50.2 Å². The van der Waals surface area contributed by atoms with Gasteiger partial charge in [-0.1, -0.05) is 0 Å². The summed E-state index contributed by atoms with van der Waals surface area (Å²) in [6.45, 7) is 0.265. The number of aromatic nitrogens is 3. The van der Waals surface area contributed by atoms with Gasteiger partial charge in [-0.3, -0.25) is 4.79 Å². The summed E-state index contributed by atoms with van der Waals surface area (Å²) in [5.41, 5.74) is 1.84. The lowest BCUT2D eigenvalue weighted by Gasteiger charge is -2.25. The SMILES string of the molecule is O=C(NCC(F)(F)F)c1csc(-c2c(-c3ccc(F)cc3)ncn2C2CCNCC2)n1. The normalized spacial score (nSPS) is 15.2. The number of hydrogen-bond acceptors (Lipinski definition) is 5. The Balaban J connectivity index is 1.70. The molecular weight excluding hydrogens is 434 g/mol. The van der Waals surface area contributed by atoms with E-state index in [4.69, 9.17) is 0 Å². The van der Waals surface area contributed by atoms with Gasteiger partial charge in [0.2, 0.25) is 0 Å². The third-order valence-electron chi connectivity index (χ3n) is 5.00. The fraction of sp³-hybridized carbons (Fsp3) is 0.350. The molecule has 0 unspecified atom stereocenters. The highest BCUT2D eigenvalue weighted by molar-refractivity contribution is 7.13. The second kappa shape index (κ2) is 8.75. The van der Waals surface area contributed by atoms with E-state index in [0.717, 1.165) is 37.3 Å². The maximum atomic E-state index is 13.4. The number of halogens is 4. The first-order chi connectivity index (χ1) is 14.8. The number of thiazole rings is 1. The fourth-order valence-electron chi connectivity index (χ4n) is 3.51. The van der Waals surface area contributed by atoms with Gasteiger partial charge in [0.1, 0.15) is 28.8 Å². The second-order valence-electron chi connectivity index (χ2n) is 7.17. The molecule has 0 aliphatic carbocycles. The molecule has 0 bridgehead atoms. The number of nitrogens with zero attached hydrogens (tertiary/aromatic N) is 3. The molecule has 6 nitrogen and oxygen atoms in total. The van der Waals surface area contributed by atoms with E-state index in [0.29, 0.717) is 22.0 Å². The van der Waals surface area contributed by atoms with Crippen molar-refractivity contribution in [3.8, 4) is 22.0 Å². The van der Waals surface area contributed by atoms with Gasteiger partial charge in [-0.25, -0.2) is 14.4 Å². The highest BCUT2D eigenvalue weighted by Crippen LogP contribution is 2.36. The minimum absolute atomic E-state index is 0.0904. The van der Waals surface area contributed by atoms with Crippen molar-refractivity contribution in [2.45, 2.75) is 25.1 Å². The van der Waals surface area contributed by atoms with E-state index in [1.807, 2.05) is 9.88 Å². The van der Waals surface area contributed by atoms with Crippen LogP contribution in [0.4, 0.5) is 17.6 Å². The van der Waals surface area contributed by atoms with Gasteiger partial charge in [0.15, 0.2) is 0 Å². The Hall–Kier alpha value is -2.79. The third kappa shape index (κ3) is 4.93. The third-order valence-corrected chi connectivity index (χ3v) is 5.85. The molecule has 2 aromatic heterocycles. The standard InChI is InChI=1S/C20H19F4N5OS/c21-13-3-1-12(2-4-13)16-17(29(11-27-16)14-5-7-25-8-6-14)19-28-15(9-31-19)18(30)26-10-20(22,23)24/h1-4,9,11,14,25H,5-8,10H2,(H,26,30). The summed E-state index contributed by atoms with van der Waals surface area (Å²) in [4.78, 5) is 20.9. The Morgan fingerprint density at radius 3 is 2.61 bits per heavy atom. The summed E-state index contributed by atoms with van der Waals surface area (Å²) in [6, 6.07) is 6.04. The summed E-state index contributed by atoms with van der Waals surface area (Å²) < 4.78 is 52.6. The Morgan fingerprint density at radius 2 is 1.94 bits per heavy atom. The van der Waals surface area contributed by atoms with Gasteiger partial charge >= 0.3 is 6.18 Å². The van der Waals surface area contributed by atoms with Crippen molar-refractivity contribution in [3.63, 3.8) is 0 Å². The number of alkyl halides is 3. The first kappa shape index (κ1) is 21.4. The van der Waals surface area contributed by atoms with Crippen LogP contribution in [0.2, 0.25) is 0 Å². The zero-order chi connectivity index (χ0) is 22.0. The summed E-state index contributed by atoms with van der Waals surface area (Å²) in [7, 11) is 0. The molecule has 0 saturated carbocycles. The molecule has 164 valence electrons. The van der Waals surface area contributed by atoms with E-state index in [9.17, 15) is 22.4 Å². The van der Waals surface area contributed by atoms with Crippen molar-refractivity contribution in [2.75, 3.05) is 19.6 Å². The Labute approximate surface area is 179 Å². The molecule has 3 heterocycles.